The van der Waals surface area contributed by atoms with Gasteiger partial charge in [-0.2, -0.15) is 4.98 Å². The first kappa shape index (κ1) is 23.6. The van der Waals surface area contributed by atoms with Gasteiger partial charge in [0, 0.05) is 25.7 Å². The lowest BCUT2D eigenvalue weighted by Gasteiger charge is -2.41. The standard InChI is InChI=1S/C29H30N4O3/c1-36-23-12-13-24-25(18-23)31-28(32-26(24)34)33-16-14-29(15-17-33,19-21-8-4-2-5-9-21)27(35)30-20-22-10-6-3-7-11-22/h2-13,18H,14-17,19-20H2,1H3,(H,30,35)(H,31,32,34). The SMILES string of the molecule is COc1ccc2c(O)nc(N3CCC(Cc4ccccc4)(C(=O)NCc4ccccc4)CC3)nc2c1. The zero-order valence-corrected chi connectivity index (χ0v) is 20.4. The number of benzene rings is 3. The van der Waals surface area contributed by atoms with Crippen LogP contribution in [0.5, 0.6) is 11.6 Å². The van der Waals surface area contributed by atoms with Gasteiger partial charge in [-0.25, -0.2) is 4.98 Å². The minimum atomic E-state index is -0.533. The van der Waals surface area contributed by atoms with E-state index in [1.165, 1.54) is 0 Å². The van der Waals surface area contributed by atoms with E-state index in [2.05, 4.69) is 22.4 Å². The molecule has 0 spiro atoms. The zero-order valence-electron chi connectivity index (χ0n) is 20.4. The van der Waals surface area contributed by atoms with Gasteiger partial charge in [0.2, 0.25) is 17.7 Å². The van der Waals surface area contributed by atoms with E-state index in [4.69, 9.17) is 9.72 Å². The molecule has 2 N–H and O–H groups in total. The van der Waals surface area contributed by atoms with E-state index in [0.29, 0.717) is 61.5 Å². The quantitative estimate of drug-likeness (QED) is 0.404. The molecule has 5 rings (SSSR count). The molecule has 0 unspecified atom stereocenters. The van der Waals surface area contributed by atoms with Gasteiger partial charge in [-0.3, -0.25) is 4.79 Å². The summed E-state index contributed by atoms with van der Waals surface area (Å²) in [6.07, 6.45) is 1.98. The van der Waals surface area contributed by atoms with Crippen LogP contribution in [0.1, 0.15) is 24.0 Å². The van der Waals surface area contributed by atoms with Gasteiger partial charge in [0.15, 0.2) is 0 Å². The first-order valence-electron chi connectivity index (χ1n) is 12.2. The van der Waals surface area contributed by atoms with Crippen LogP contribution in [0, 0.1) is 5.41 Å². The molecule has 1 aliphatic rings. The highest BCUT2D eigenvalue weighted by Gasteiger charge is 2.42. The number of nitrogens with zero attached hydrogens (tertiary/aromatic N) is 3. The molecule has 0 atom stereocenters. The molecule has 7 nitrogen and oxygen atoms in total. The fourth-order valence-electron chi connectivity index (χ4n) is 4.92. The van der Waals surface area contributed by atoms with Crippen LogP contribution in [-0.4, -0.2) is 41.2 Å². The highest BCUT2D eigenvalue weighted by molar-refractivity contribution is 5.86. The second-order valence-corrected chi connectivity index (χ2v) is 9.33. The summed E-state index contributed by atoms with van der Waals surface area (Å²) in [7, 11) is 1.60. The predicted octanol–water partition coefficient (Wildman–Crippen LogP) is 4.49. The average Bonchev–Trinajstić information content (AvgIpc) is 2.92. The Kier molecular flexibility index (Phi) is 6.71. The van der Waals surface area contributed by atoms with Crippen molar-refractivity contribution in [2.45, 2.75) is 25.8 Å². The Morgan fingerprint density at radius 2 is 1.64 bits per heavy atom. The molecule has 1 fully saturated rings. The Bertz CT molecular complexity index is 1340. The molecule has 184 valence electrons. The lowest BCUT2D eigenvalue weighted by molar-refractivity contribution is -0.132. The van der Waals surface area contributed by atoms with Gasteiger partial charge in [-0.15, -0.1) is 0 Å². The Hall–Kier alpha value is -4.13. The summed E-state index contributed by atoms with van der Waals surface area (Å²) in [5.74, 6) is 1.15. The number of anilines is 1. The molecule has 36 heavy (non-hydrogen) atoms. The van der Waals surface area contributed by atoms with Crippen LogP contribution in [0.15, 0.2) is 78.9 Å². The fraction of sp³-hybridized carbons (Fsp3) is 0.276. The van der Waals surface area contributed by atoms with E-state index in [1.54, 1.807) is 25.3 Å². The van der Waals surface area contributed by atoms with Crippen molar-refractivity contribution >= 4 is 22.8 Å². The Morgan fingerprint density at radius 3 is 2.31 bits per heavy atom. The number of aromatic nitrogens is 2. The molecule has 1 aromatic heterocycles. The summed E-state index contributed by atoms with van der Waals surface area (Å²) in [5.41, 5.74) is 2.31. The summed E-state index contributed by atoms with van der Waals surface area (Å²) < 4.78 is 5.31. The Balaban J connectivity index is 1.37. The Labute approximate surface area is 210 Å². The van der Waals surface area contributed by atoms with Crippen molar-refractivity contribution in [3.05, 3.63) is 90.0 Å². The maximum Gasteiger partial charge on any atom is 0.229 e. The lowest BCUT2D eigenvalue weighted by atomic mass is 9.73. The van der Waals surface area contributed by atoms with Gasteiger partial charge in [-0.1, -0.05) is 60.7 Å². The van der Waals surface area contributed by atoms with Crippen LogP contribution in [0.2, 0.25) is 0 Å². The summed E-state index contributed by atoms with van der Waals surface area (Å²) >= 11 is 0. The van der Waals surface area contributed by atoms with Crippen molar-refractivity contribution in [3.63, 3.8) is 0 Å². The third kappa shape index (κ3) is 4.96. The number of ether oxygens (including phenoxy) is 1. The van der Waals surface area contributed by atoms with Crippen LogP contribution in [-0.2, 0) is 17.8 Å². The molecule has 1 amide bonds. The number of hydrogen-bond acceptors (Lipinski definition) is 6. The highest BCUT2D eigenvalue weighted by atomic mass is 16.5. The van der Waals surface area contributed by atoms with Crippen molar-refractivity contribution in [1.29, 1.82) is 0 Å². The normalized spacial score (nSPS) is 15.0. The second-order valence-electron chi connectivity index (χ2n) is 9.33. The number of rotatable bonds is 7. The van der Waals surface area contributed by atoms with Gasteiger partial charge in [-0.05, 0) is 42.5 Å². The van der Waals surface area contributed by atoms with E-state index in [9.17, 15) is 9.90 Å². The van der Waals surface area contributed by atoms with Gasteiger partial charge < -0.3 is 20.1 Å². The van der Waals surface area contributed by atoms with Gasteiger partial charge in [0.25, 0.3) is 0 Å². The van der Waals surface area contributed by atoms with Crippen molar-refractivity contribution in [1.82, 2.24) is 15.3 Å². The van der Waals surface area contributed by atoms with Crippen molar-refractivity contribution in [2.24, 2.45) is 5.41 Å². The van der Waals surface area contributed by atoms with Crippen LogP contribution < -0.4 is 15.0 Å². The zero-order chi connectivity index (χ0) is 25.0. The van der Waals surface area contributed by atoms with Crippen LogP contribution in [0.25, 0.3) is 10.9 Å². The largest absolute Gasteiger partial charge is 0.497 e. The third-order valence-electron chi connectivity index (χ3n) is 7.04. The predicted molar refractivity (Wildman–Crippen MR) is 140 cm³/mol. The molecule has 2 heterocycles. The number of piperidine rings is 1. The van der Waals surface area contributed by atoms with Gasteiger partial charge >= 0.3 is 0 Å². The summed E-state index contributed by atoms with van der Waals surface area (Å²) in [6, 6.07) is 25.5. The number of carbonyl (C=O) groups is 1. The molecular formula is C29H30N4O3. The van der Waals surface area contributed by atoms with Crippen molar-refractivity contribution in [3.8, 4) is 11.6 Å². The number of nitrogens with one attached hydrogen (secondary N) is 1. The molecule has 1 aliphatic heterocycles. The number of fused-ring (bicyclic) bond motifs is 1. The van der Waals surface area contributed by atoms with Gasteiger partial charge in [0.05, 0.1) is 23.4 Å². The molecule has 0 bridgehead atoms. The summed E-state index contributed by atoms with van der Waals surface area (Å²) in [4.78, 5) is 24.7. The molecule has 0 aliphatic carbocycles. The number of aromatic hydroxyl groups is 1. The molecule has 0 radical (unpaired) electrons. The van der Waals surface area contributed by atoms with Gasteiger partial charge in [0.1, 0.15) is 5.75 Å². The second kappa shape index (κ2) is 10.2. The van der Waals surface area contributed by atoms with E-state index in [0.717, 1.165) is 11.1 Å². The minimum absolute atomic E-state index is 0.0561. The average molecular weight is 483 g/mol. The van der Waals surface area contributed by atoms with E-state index in [1.807, 2.05) is 53.4 Å². The van der Waals surface area contributed by atoms with Crippen LogP contribution in [0.3, 0.4) is 0 Å². The van der Waals surface area contributed by atoms with E-state index >= 15 is 0 Å². The first-order chi connectivity index (χ1) is 17.6. The summed E-state index contributed by atoms with van der Waals surface area (Å²) in [5, 5.41) is 14.3. The van der Waals surface area contributed by atoms with E-state index in [-0.39, 0.29) is 11.8 Å². The van der Waals surface area contributed by atoms with Crippen LogP contribution >= 0.6 is 0 Å². The van der Waals surface area contributed by atoms with Crippen LogP contribution in [0.4, 0.5) is 5.95 Å². The third-order valence-corrected chi connectivity index (χ3v) is 7.04. The molecule has 7 heteroatoms. The smallest absolute Gasteiger partial charge is 0.229 e. The number of hydrogen-bond donors (Lipinski definition) is 2. The number of carbonyl (C=O) groups excluding carboxylic acids is 1. The highest BCUT2D eigenvalue weighted by Crippen LogP contribution is 2.37. The molecule has 4 aromatic rings. The monoisotopic (exact) mass is 482 g/mol. The molecule has 1 saturated heterocycles. The number of amides is 1. The maximum absolute atomic E-state index is 13.6. The fourth-order valence-corrected chi connectivity index (χ4v) is 4.92. The van der Waals surface area contributed by atoms with Crippen molar-refractivity contribution < 1.29 is 14.6 Å². The maximum atomic E-state index is 13.6. The molecule has 3 aromatic carbocycles. The van der Waals surface area contributed by atoms with Crippen molar-refractivity contribution in [2.75, 3.05) is 25.1 Å². The summed E-state index contributed by atoms with van der Waals surface area (Å²) in [6.45, 7) is 1.73. The molecular weight excluding hydrogens is 452 g/mol. The lowest BCUT2D eigenvalue weighted by Crippen LogP contribution is -2.50. The molecule has 0 saturated carbocycles. The first-order valence-corrected chi connectivity index (χ1v) is 12.2. The minimum Gasteiger partial charge on any atom is -0.497 e. The van der Waals surface area contributed by atoms with E-state index < -0.39 is 5.41 Å². The number of methoxy groups -OCH3 is 1. The topological polar surface area (TPSA) is 87.6 Å². The Morgan fingerprint density at radius 1 is 0.972 bits per heavy atom.